The molecule has 1 aliphatic rings. The summed E-state index contributed by atoms with van der Waals surface area (Å²) in [5.74, 6) is -0.0916. The van der Waals surface area contributed by atoms with Crippen molar-refractivity contribution in [2.75, 3.05) is 33.7 Å². The topological polar surface area (TPSA) is 113 Å². The first-order chi connectivity index (χ1) is 14.2. The van der Waals surface area contributed by atoms with Crippen molar-refractivity contribution in [1.29, 1.82) is 0 Å². The van der Waals surface area contributed by atoms with E-state index >= 15 is 0 Å². The Morgan fingerprint density at radius 1 is 1.10 bits per heavy atom. The van der Waals surface area contributed by atoms with Crippen LogP contribution in [0.25, 0.3) is 0 Å². The summed E-state index contributed by atoms with van der Waals surface area (Å²) in [5.41, 5.74) is 5.87. The highest BCUT2D eigenvalue weighted by molar-refractivity contribution is 7.89. The van der Waals surface area contributed by atoms with Gasteiger partial charge in [-0.25, -0.2) is 12.7 Å². The second-order valence-electron chi connectivity index (χ2n) is 8.14. The van der Waals surface area contributed by atoms with Crippen molar-refractivity contribution in [3.8, 4) is 0 Å². The zero-order valence-corrected chi connectivity index (χ0v) is 18.8. The van der Waals surface area contributed by atoms with Crippen LogP contribution in [-0.4, -0.2) is 63.2 Å². The van der Waals surface area contributed by atoms with Gasteiger partial charge in [0.2, 0.25) is 21.8 Å². The monoisotopic (exact) mass is 438 g/mol. The normalized spacial score (nSPS) is 15.5. The lowest BCUT2D eigenvalue weighted by molar-refractivity contribution is -0.124. The Balaban J connectivity index is 1.94. The first-order valence-corrected chi connectivity index (χ1v) is 11.9. The number of carbonyl (C=O) groups excluding carboxylic acids is 2. The first-order valence-electron chi connectivity index (χ1n) is 10.5. The van der Waals surface area contributed by atoms with Crippen LogP contribution in [-0.2, 0) is 26.2 Å². The summed E-state index contributed by atoms with van der Waals surface area (Å²) in [7, 11) is -0.663. The molecule has 0 aliphatic heterocycles. The third kappa shape index (κ3) is 7.37. The highest BCUT2D eigenvalue weighted by Gasteiger charge is 2.22. The fourth-order valence-corrected chi connectivity index (χ4v) is 4.94. The second kappa shape index (κ2) is 11.4. The van der Waals surface area contributed by atoms with E-state index in [1.54, 1.807) is 23.1 Å². The van der Waals surface area contributed by atoms with Crippen molar-refractivity contribution >= 4 is 21.8 Å². The molecule has 0 saturated heterocycles. The SMILES string of the molecule is CN(C)S(=O)(=O)c1ccccc1CNC(=O)CN(CCC1CCCCC1)CC(N)=O. The molecule has 0 atom stereocenters. The van der Waals surface area contributed by atoms with Crippen LogP contribution in [0.5, 0.6) is 0 Å². The number of rotatable bonds is 11. The lowest BCUT2D eigenvalue weighted by atomic mass is 9.87. The van der Waals surface area contributed by atoms with Gasteiger partial charge < -0.3 is 11.1 Å². The van der Waals surface area contributed by atoms with Gasteiger partial charge in [0.05, 0.1) is 18.0 Å². The summed E-state index contributed by atoms with van der Waals surface area (Å²) in [6.07, 6.45) is 7.13. The predicted molar refractivity (Wildman–Crippen MR) is 116 cm³/mol. The number of nitrogens with two attached hydrogens (primary N) is 1. The first kappa shape index (κ1) is 24.3. The minimum atomic E-state index is -3.61. The summed E-state index contributed by atoms with van der Waals surface area (Å²) in [6, 6.07) is 6.60. The van der Waals surface area contributed by atoms with E-state index in [0.717, 1.165) is 10.7 Å². The van der Waals surface area contributed by atoms with E-state index in [1.807, 2.05) is 0 Å². The van der Waals surface area contributed by atoms with E-state index in [9.17, 15) is 18.0 Å². The molecule has 9 heteroatoms. The molecular formula is C21H34N4O4S. The molecule has 8 nitrogen and oxygen atoms in total. The maximum atomic E-state index is 12.5. The molecule has 2 amide bonds. The Kier molecular flexibility index (Phi) is 9.26. The molecule has 0 heterocycles. The van der Waals surface area contributed by atoms with E-state index in [0.29, 0.717) is 18.0 Å². The minimum Gasteiger partial charge on any atom is -0.369 e. The number of benzene rings is 1. The molecule has 2 rings (SSSR count). The van der Waals surface area contributed by atoms with Gasteiger partial charge in [-0.3, -0.25) is 14.5 Å². The van der Waals surface area contributed by atoms with Gasteiger partial charge in [0, 0.05) is 20.6 Å². The molecule has 0 aromatic heterocycles. The Morgan fingerprint density at radius 3 is 2.40 bits per heavy atom. The molecule has 3 N–H and O–H groups in total. The molecular weight excluding hydrogens is 404 g/mol. The van der Waals surface area contributed by atoms with Crippen LogP contribution in [0.3, 0.4) is 0 Å². The number of carbonyl (C=O) groups is 2. The number of sulfonamides is 1. The van der Waals surface area contributed by atoms with Crippen LogP contribution in [0.4, 0.5) is 0 Å². The van der Waals surface area contributed by atoms with E-state index < -0.39 is 15.9 Å². The maximum absolute atomic E-state index is 12.5. The maximum Gasteiger partial charge on any atom is 0.242 e. The number of hydrogen-bond acceptors (Lipinski definition) is 5. The standard InChI is InChI=1S/C21H34N4O4S/c1-24(2)30(28,29)19-11-7-6-10-18(19)14-23-21(27)16-25(15-20(22)26)13-12-17-8-4-3-5-9-17/h6-7,10-11,17H,3-5,8-9,12-16H2,1-2H3,(H2,22,26)(H,23,27). The highest BCUT2D eigenvalue weighted by Crippen LogP contribution is 2.26. The molecule has 1 aromatic rings. The fourth-order valence-electron chi connectivity index (χ4n) is 3.83. The number of nitrogens with one attached hydrogen (secondary N) is 1. The minimum absolute atomic E-state index is 0.0335. The van der Waals surface area contributed by atoms with Crippen LogP contribution in [0, 0.1) is 5.92 Å². The molecule has 0 radical (unpaired) electrons. The predicted octanol–water partition coefficient (Wildman–Crippen LogP) is 1.31. The molecule has 1 aliphatic carbocycles. The van der Waals surface area contributed by atoms with Gasteiger partial charge in [-0.1, -0.05) is 50.3 Å². The van der Waals surface area contributed by atoms with Crippen molar-refractivity contribution < 1.29 is 18.0 Å². The van der Waals surface area contributed by atoms with Gasteiger partial charge in [0.25, 0.3) is 0 Å². The molecule has 1 aromatic carbocycles. The van der Waals surface area contributed by atoms with Crippen molar-refractivity contribution in [1.82, 2.24) is 14.5 Å². The van der Waals surface area contributed by atoms with Crippen LogP contribution < -0.4 is 11.1 Å². The van der Waals surface area contributed by atoms with Gasteiger partial charge in [-0.15, -0.1) is 0 Å². The summed E-state index contributed by atoms with van der Waals surface area (Å²) in [5, 5.41) is 2.78. The summed E-state index contributed by atoms with van der Waals surface area (Å²) in [4.78, 5) is 25.8. The van der Waals surface area contributed by atoms with Gasteiger partial charge in [0.1, 0.15) is 0 Å². The Hall–Kier alpha value is -1.97. The van der Waals surface area contributed by atoms with Crippen LogP contribution in [0.15, 0.2) is 29.2 Å². The second-order valence-corrected chi connectivity index (χ2v) is 10.3. The zero-order chi connectivity index (χ0) is 22.1. The quantitative estimate of drug-likeness (QED) is 0.541. The van der Waals surface area contributed by atoms with Gasteiger partial charge in [0.15, 0.2) is 0 Å². The van der Waals surface area contributed by atoms with Crippen LogP contribution in [0.2, 0.25) is 0 Å². The molecule has 0 unspecified atom stereocenters. The van der Waals surface area contributed by atoms with Crippen molar-refractivity contribution in [2.45, 2.75) is 50.0 Å². The highest BCUT2D eigenvalue weighted by atomic mass is 32.2. The molecule has 30 heavy (non-hydrogen) atoms. The van der Waals surface area contributed by atoms with Gasteiger partial charge in [-0.2, -0.15) is 0 Å². The molecule has 0 bridgehead atoms. The van der Waals surface area contributed by atoms with Gasteiger partial charge in [-0.05, 0) is 30.5 Å². The summed E-state index contributed by atoms with van der Waals surface area (Å²) >= 11 is 0. The molecule has 0 spiro atoms. The Bertz CT molecular complexity index is 820. The lowest BCUT2D eigenvalue weighted by Crippen LogP contribution is -2.42. The van der Waals surface area contributed by atoms with E-state index in [-0.39, 0.29) is 30.4 Å². The summed E-state index contributed by atoms with van der Waals surface area (Å²) in [6.45, 7) is 0.825. The van der Waals surface area contributed by atoms with Gasteiger partial charge >= 0.3 is 0 Å². The lowest BCUT2D eigenvalue weighted by Gasteiger charge is -2.26. The Labute approximate surface area is 179 Å². The molecule has 168 valence electrons. The van der Waals surface area contributed by atoms with Crippen LogP contribution in [0.1, 0.15) is 44.1 Å². The number of nitrogens with zero attached hydrogens (tertiary/aromatic N) is 2. The zero-order valence-electron chi connectivity index (χ0n) is 18.0. The van der Waals surface area contributed by atoms with E-state index in [2.05, 4.69) is 5.32 Å². The average molecular weight is 439 g/mol. The van der Waals surface area contributed by atoms with E-state index in [4.69, 9.17) is 5.73 Å². The summed E-state index contributed by atoms with van der Waals surface area (Å²) < 4.78 is 26.1. The third-order valence-electron chi connectivity index (χ3n) is 5.53. The number of amides is 2. The van der Waals surface area contributed by atoms with E-state index in [1.165, 1.54) is 52.3 Å². The smallest absolute Gasteiger partial charge is 0.242 e. The average Bonchev–Trinajstić information content (AvgIpc) is 2.71. The largest absolute Gasteiger partial charge is 0.369 e. The molecule has 1 fully saturated rings. The van der Waals surface area contributed by atoms with Crippen LogP contribution >= 0.6 is 0 Å². The van der Waals surface area contributed by atoms with Crippen molar-refractivity contribution in [3.63, 3.8) is 0 Å². The van der Waals surface area contributed by atoms with Crippen molar-refractivity contribution in [3.05, 3.63) is 29.8 Å². The number of primary amides is 1. The number of hydrogen-bond donors (Lipinski definition) is 2. The fraction of sp³-hybridized carbons (Fsp3) is 0.619. The van der Waals surface area contributed by atoms with Crippen molar-refractivity contribution in [2.24, 2.45) is 11.7 Å². The molecule has 1 saturated carbocycles. The Morgan fingerprint density at radius 2 is 1.77 bits per heavy atom. The third-order valence-corrected chi connectivity index (χ3v) is 7.45.